The normalized spacial score (nSPS) is 17.7. The molecule has 1 fully saturated rings. The zero-order chi connectivity index (χ0) is 25.0. The molecule has 1 heterocycles. The molecular weight excluding hydrogens is 495 g/mol. The van der Waals surface area contributed by atoms with Crippen molar-refractivity contribution in [3.8, 4) is 5.75 Å². The van der Waals surface area contributed by atoms with Gasteiger partial charge in [0.05, 0.1) is 11.9 Å². The number of nitrogens with one attached hydrogen (secondary N) is 2. The van der Waals surface area contributed by atoms with E-state index in [4.69, 9.17) is 0 Å². The maximum absolute atomic E-state index is 12.6. The summed E-state index contributed by atoms with van der Waals surface area (Å²) in [4.78, 5) is 23.8. The second-order valence-corrected chi connectivity index (χ2v) is 8.88. The number of fused-ring (bicyclic) bond motifs is 1. The number of alkyl halides is 3. The van der Waals surface area contributed by atoms with E-state index in [-0.39, 0.29) is 48.1 Å². The number of anilines is 2. The average molecular weight is 524 g/mol. The molecule has 0 spiro atoms. The number of halogens is 4. The molecule has 1 aliphatic carbocycles. The van der Waals surface area contributed by atoms with Gasteiger partial charge in [0.25, 0.3) is 0 Å². The van der Waals surface area contributed by atoms with E-state index < -0.39 is 6.36 Å². The van der Waals surface area contributed by atoms with Crippen LogP contribution in [0.5, 0.6) is 5.75 Å². The van der Waals surface area contributed by atoms with E-state index in [1.165, 1.54) is 18.2 Å². The molecule has 194 valence electrons. The van der Waals surface area contributed by atoms with Crippen molar-refractivity contribution in [2.75, 3.05) is 24.3 Å². The maximum Gasteiger partial charge on any atom is 0.573 e. The molecule has 0 atom stereocenters. The predicted octanol–water partition coefficient (Wildman–Crippen LogP) is 5.10. The van der Waals surface area contributed by atoms with Gasteiger partial charge >= 0.3 is 6.36 Å². The van der Waals surface area contributed by atoms with Gasteiger partial charge in [0.15, 0.2) is 0 Å². The standard InChI is InChI=1S/C25H28F3N5O2.ClH/c1-33(2)23-19-8-4-5-9-20(19)31-24(32-23)30-18-13-11-17(12-14-18)29-22(34)15-16-7-3-6-10-21(16)35-25(26,27)28;/h3-10,17-18H,11-15H2,1-2H3,(H,29,34)(H,30,31,32);1H/t17-,18+;. The molecule has 1 aromatic heterocycles. The molecule has 11 heteroatoms. The van der Waals surface area contributed by atoms with Gasteiger partial charge in [0.2, 0.25) is 11.9 Å². The third-order valence-corrected chi connectivity index (χ3v) is 5.98. The summed E-state index contributed by atoms with van der Waals surface area (Å²) in [7, 11) is 3.89. The monoisotopic (exact) mass is 523 g/mol. The molecule has 7 nitrogen and oxygen atoms in total. The number of nitrogens with zero attached hydrogens (tertiary/aromatic N) is 3. The minimum absolute atomic E-state index is 0. The number of para-hydroxylation sites is 2. The van der Waals surface area contributed by atoms with Crippen molar-refractivity contribution in [3.05, 3.63) is 54.1 Å². The van der Waals surface area contributed by atoms with Crippen LogP contribution in [0.3, 0.4) is 0 Å². The van der Waals surface area contributed by atoms with Gasteiger partial charge < -0.3 is 20.3 Å². The summed E-state index contributed by atoms with van der Waals surface area (Å²) in [5, 5.41) is 7.36. The Kier molecular flexibility index (Phi) is 8.84. The number of rotatable bonds is 7. The number of hydrogen-bond acceptors (Lipinski definition) is 6. The molecule has 2 N–H and O–H groups in total. The Balaban J connectivity index is 0.00000361. The number of amides is 1. The van der Waals surface area contributed by atoms with Crippen molar-refractivity contribution in [1.82, 2.24) is 15.3 Å². The zero-order valence-electron chi connectivity index (χ0n) is 20.0. The van der Waals surface area contributed by atoms with Crippen molar-refractivity contribution in [2.45, 2.75) is 50.6 Å². The summed E-state index contributed by atoms with van der Waals surface area (Å²) in [6.45, 7) is 0. The summed E-state index contributed by atoms with van der Waals surface area (Å²) in [5.41, 5.74) is 1.06. The average Bonchev–Trinajstić information content (AvgIpc) is 2.80. The lowest BCUT2D eigenvalue weighted by molar-refractivity contribution is -0.274. The van der Waals surface area contributed by atoms with E-state index >= 15 is 0 Å². The Bertz CT molecular complexity index is 1180. The molecule has 0 radical (unpaired) electrons. The highest BCUT2D eigenvalue weighted by Crippen LogP contribution is 2.28. The second-order valence-electron chi connectivity index (χ2n) is 8.88. The molecule has 0 saturated heterocycles. The number of carbonyl (C=O) groups excluding carboxylic acids is 1. The van der Waals surface area contributed by atoms with Crippen LogP contribution in [-0.4, -0.2) is 48.4 Å². The number of aromatic nitrogens is 2. The lowest BCUT2D eigenvalue weighted by Crippen LogP contribution is -2.41. The van der Waals surface area contributed by atoms with Crippen LogP contribution in [0.2, 0.25) is 0 Å². The molecule has 1 aliphatic rings. The molecule has 0 bridgehead atoms. The van der Waals surface area contributed by atoms with Crippen molar-refractivity contribution >= 4 is 41.0 Å². The van der Waals surface area contributed by atoms with Gasteiger partial charge in [-0.25, -0.2) is 4.98 Å². The highest BCUT2D eigenvalue weighted by Gasteiger charge is 2.32. The minimum Gasteiger partial charge on any atom is -0.405 e. The first-order valence-corrected chi connectivity index (χ1v) is 11.5. The minimum atomic E-state index is -4.81. The Morgan fingerprint density at radius 3 is 2.33 bits per heavy atom. The Hall–Kier alpha value is -3.27. The molecule has 36 heavy (non-hydrogen) atoms. The van der Waals surface area contributed by atoms with Crippen molar-refractivity contribution < 1.29 is 22.7 Å². The Labute approximate surface area is 213 Å². The van der Waals surface area contributed by atoms with E-state index in [1.807, 2.05) is 43.3 Å². The van der Waals surface area contributed by atoms with Crippen LogP contribution in [0.1, 0.15) is 31.2 Å². The summed E-state index contributed by atoms with van der Waals surface area (Å²) in [6.07, 6.45) is -1.86. The highest BCUT2D eigenvalue weighted by molar-refractivity contribution is 5.90. The maximum atomic E-state index is 12.6. The Morgan fingerprint density at radius 1 is 1.00 bits per heavy atom. The van der Waals surface area contributed by atoms with Crippen molar-refractivity contribution in [3.63, 3.8) is 0 Å². The van der Waals surface area contributed by atoms with E-state index in [9.17, 15) is 18.0 Å². The molecule has 0 aliphatic heterocycles. The van der Waals surface area contributed by atoms with E-state index in [0.717, 1.165) is 42.4 Å². The van der Waals surface area contributed by atoms with Crippen LogP contribution in [-0.2, 0) is 11.2 Å². The smallest absolute Gasteiger partial charge is 0.405 e. The number of benzene rings is 2. The molecule has 2 aromatic carbocycles. The summed E-state index contributed by atoms with van der Waals surface area (Å²) >= 11 is 0. The summed E-state index contributed by atoms with van der Waals surface area (Å²) in [5.74, 6) is 0.735. The molecule has 3 aromatic rings. The van der Waals surface area contributed by atoms with Gasteiger partial charge in [0, 0.05) is 37.1 Å². The zero-order valence-corrected chi connectivity index (χ0v) is 20.8. The highest BCUT2D eigenvalue weighted by atomic mass is 35.5. The van der Waals surface area contributed by atoms with Gasteiger partial charge in [-0.1, -0.05) is 30.3 Å². The van der Waals surface area contributed by atoms with Crippen molar-refractivity contribution in [1.29, 1.82) is 0 Å². The van der Waals surface area contributed by atoms with Gasteiger partial charge in [-0.2, -0.15) is 4.98 Å². The van der Waals surface area contributed by atoms with Crippen molar-refractivity contribution in [2.24, 2.45) is 0 Å². The SMILES string of the molecule is CN(C)c1nc(N[C@H]2CC[C@@H](NC(=O)Cc3ccccc3OC(F)(F)F)CC2)nc2ccccc12.Cl. The first-order valence-electron chi connectivity index (χ1n) is 11.5. The summed E-state index contributed by atoms with van der Waals surface area (Å²) in [6, 6.07) is 13.7. The van der Waals surface area contributed by atoms with E-state index in [2.05, 4.69) is 25.3 Å². The quantitative estimate of drug-likeness (QED) is 0.449. The second kappa shape index (κ2) is 11.6. The summed E-state index contributed by atoms with van der Waals surface area (Å²) < 4.78 is 41.9. The third-order valence-electron chi connectivity index (χ3n) is 5.98. The molecule has 1 amide bonds. The van der Waals surface area contributed by atoms with Crippen LogP contribution in [0.25, 0.3) is 10.9 Å². The van der Waals surface area contributed by atoms with E-state index in [0.29, 0.717) is 5.95 Å². The van der Waals surface area contributed by atoms with Gasteiger partial charge in [-0.05, 0) is 43.9 Å². The lowest BCUT2D eigenvalue weighted by atomic mass is 9.91. The fourth-order valence-corrected chi connectivity index (χ4v) is 4.36. The topological polar surface area (TPSA) is 79.4 Å². The lowest BCUT2D eigenvalue weighted by Gasteiger charge is -2.30. The molecule has 0 unspecified atom stereocenters. The van der Waals surface area contributed by atoms with Crippen LogP contribution < -0.4 is 20.3 Å². The fourth-order valence-electron chi connectivity index (χ4n) is 4.36. The Morgan fingerprint density at radius 2 is 1.64 bits per heavy atom. The van der Waals surface area contributed by atoms with Gasteiger partial charge in [-0.3, -0.25) is 4.79 Å². The predicted molar refractivity (Wildman–Crippen MR) is 136 cm³/mol. The first kappa shape index (κ1) is 27.3. The number of carbonyl (C=O) groups is 1. The van der Waals surface area contributed by atoms with E-state index in [1.54, 1.807) is 6.07 Å². The van der Waals surface area contributed by atoms with Crippen LogP contribution >= 0.6 is 12.4 Å². The van der Waals surface area contributed by atoms with Crippen LogP contribution in [0.4, 0.5) is 24.9 Å². The molecule has 1 saturated carbocycles. The fraction of sp³-hybridized carbons (Fsp3) is 0.400. The first-order chi connectivity index (χ1) is 16.7. The number of ether oxygens (including phenoxy) is 1. The van der Waals surface area contributed by atoms with Gasteiger partial charge in [0.1, 0.15) is 11.6 Å². The molecule has 4 rings (SSSR count). The molecular formula is C25H29ClF3N5O2. The third kappa shape index (κ3) is 7.13. The van der Waals surface area contributed by atoms with Crippen LogP contribution in [0.15, 0.2) is 48.5 Å². The number of hydrogen-bond donors (Lipinski definition) is 2. The van der Waals surface area contributed by atoms with Gasteiger partial charge in [-0.15, -0.1) is 25.6 Å². The largest absolute Gasteiger partial charge is 0.573 e. The van der Waals surface area contributed by atoms with Crippen LogP contribution in [0, 0.1) is 0 Å².